The van der Waals surface area contributed by atoms with Crippen LogP contribution in [0.2, 0.25) is 0 Å². The molecule has 0 heterocycles. The van der Waals surface area contributed by atoms with Crippen molar-refractivity contribution in [2.45, 2.75) is 0 Å². The summed E-state index contributed by atoms with van der Waals surface area (Å²) in [7, 11) is 0. The van der Waals surface area contributed by atoms with Gasteiger partial charge in [-0.05, 0) is 5.56 Å². The van der Waals surface area contributed by atoms with E-state index in [1.165, 1.54) is 12.3 Å². The van der Waals surface area contributed by atoms with Gasteiger partial charge >= 0.3 is 0 Å². The van der Waals surface area contributed by atoms with Gasteiger partial charge in [0.2, 0.25) is 6.08 Å². The molecule has 60 valence electrons. The number of aliphatic imine (C=N–C) groups is 1. The van der Waals surface area contributed by atoms with Crippen LogP contribution in [0.5, 0.6) is 0 Å². The average molecular weight is 180 g/mol. The van der Waals surface area contributed by atoms with E-state index >= 15 is 0 Å². The van der Waals surface area contributed by atoms with Gasteiger partial charge < -0.3 is 0 Å². The minimum atomic E-state index is 0.430. The monoisotopic (exact) mass is 179 g/mol. The molecule has 0 unspecified atom stereocenters. The number of nitrogens with zero attached hydrogens (tertiary/aromatic N) is 1. The predicted octanol–water partition coefficient (Wildman–Crippen LogP) is 2.56. The topological polar surface area (TPSA) is 29.4 Å². The smallest absolute Gasteiger partial charge is 0.211 e. The predicted molar refractivity (Wildman–Crippen MR) is 48.4 cm³/mol. The standard InChI is InChI=1S/C9H6ClNO/c10-9(6-11-7-12)8-4-2-1-3-5-8/h1-6H. The molecule has 0 saturated carbocycles. The van der Waals surface area contributed by atoms with Crippen LogP contribution in [0.4, 0.5) is 0 Å². The van der Waals surface area contributed by atoms with Crippen molar-refractivity contribution in [2.75, 3.05) is 0 Å². The largest absolute Gasteiger partial charge is 0.239 e. The fourth-order valence-corrected chi connectivity index (χ4v) is 0.930. The van der Waals surface area contributed by atoms with Gasteiger partial charge in [0.25, 0.3) is 0 Å². The highest BCUT2D eigenvalue weighted by molar-refractivity contribution is 6.48. The first-order valence-corrected chi connectivity index (χ1v) is 3.70. The van der Waals surface area contributed by atoms with Crippen molar-refractivity contribution >= 4 is 22.7 Å². The molecule has 0 aliphatic rings. The summed E-state index contributed by atoms with van der Waals surface area (Å²) >= 11 is 5.77. The Hall–Kier alpha value is -1.37. The molecule has 12 heavy (non-hydrogen) atoms. The Morgan fingerprint density at radius 3 is 2.67 bits per heavy atom. The lowest BCUT2D eigenvalue weighted by molar-refractivity contribution is 0.565. The summed E-state index contributed by atoms with van der Waals surface area (Å²) in [6, 6.07) is 9.27. The summed E-state index contributed by atoms with van der Waals surface area (Å²) in [4.78, 5) is 13.0. The molecular weight excluding hydrogens is 174 g/mol. The van der Waals surface area contributed by atoms with Crippen LogP contribution in [0.1, 0.15) is 5.56 Å². The maximum Gasteiger partial charge on any atom is 0.239 e. The molecule has 0 amide bonds. The zero-order chi connectivity index (χ0) is 8.81. The SMILES string of the molecule is O=C=NC=C(Cl)c1ccccc1. The Kier molecular flexibility index (Phi) is 3.27. The summed E-state index contributed by atoms with van der Waals surface area (Å²) in [5.74, 6) is 0. The minimum Gasteiger partial charge on any atom is -0.211 e. The second kappa shape index (κ2) is 4.50. The third-order valence-corrected chi connectivity index (χ3v) is 1.60. The number of halogens is 1. The molecule has 0 fully saturated rings. The van der Waals surface area contributed by atoms with E-state index in [4.69, 9.17) is 11.6 Å². The van der Waals surface area contributed by atoms with E-state index in [9.17, 15) is 4.79 Å². The highest BCUT2D eigenvalue weighted by Gasteiger charge is 1.93. The molecule has 3 heteroatoms. The Morgan fingerprint density at radius 2 is 2.08 bits per heavy atom. The van der Waals surface area contributed by atoms with Crippen LogP contribution in [-0.2, 0) is 4.79 Å². The van der Waals surface area contributed by atoms with Gasteiger partial charge in [-0.3, -0.25) is 0 Å². The molecule has 2 nitrogen and oxygen atoms in total. The normalized spacial score (nSPS) is 10.6. The van der Waals surface area contributed by atoms with Crippen molar-refractivity contribution in [3.63, 3.8) is 0 Å². The first-order chi connectivity index (χ1) is 5.84. The van der Waals surface area contributed by atoms with Crippen LogP contribution in [-0.4, -0.2) is 6.08 Å². The molecule has 0 spiro atoms. The zero-order valence-corrected chi connectivity index (χ0v) is 6.95. The van der Waals surface area contributed by atoms with Gasteiger partial charge in [0, 0.05) is 0 Å². The van der Waals surface area contributed by atoms with Gasteiger partial charge in [-0.25, -0.2) is 4.79 Å². The van der Waals surface area contributed by atoms with Crippen molar-refractivity contribution in [3.8, 4) is 0 Å². The van der Waals surface area contributed by atoms with Crippen LogP contribution >= 0.6 is 11.6 Å². The highest BCUT2D eigenvalue weighted by atomic mass is 35.5. The van der Waals surface area contributed by atoms with Gasteiger partial charge in [-0.1, -0.05) is 41.9 Å². The second-order valence-electron chi connectivity index (χ2n) is 2.06. The molecule has 1 rings (SSSR count). The Morgan fingerprint density at radius 1 is 1.42 bits per heavy atom. The fourth-order valence-electron chi connectivity index (χ4n) is 0.755. The molecule has 0 bridgehead atoms. The maximum atomic E-state index is 9.75. The van der Waals surface area contributed by atoms with Crippen LogP contribution in [0, 0.1) is 0 Å². The summed E-state index contributed by atoms with van der Waals surface area (Å²) in [5.41, 5.74) is 0.832. The first kappa shape index (κ1) is 8.72. The molecule has 0 aromatic heterocycles. The fraction of sp³-hybridized carbons (Fsp3) is 0. The molecule has 0 aliphatic carbocycles. The zero-order valence-electron chi connectivity index (χ0n) is 6.20. The molecular formula is C9H6ClNO. The van der Waals surface area contributed by atoms with Crippen LogP contribution in [0.25, 0.3) is 5.03 Å². The van der Waals surface area contributed by atoms with E-state index in [2.05, 4.69) is 4.99 Å². The number of hydrogen-bond donors (Lipinski definition) is 0. The molecule has 0 N–H and O–H groups in total. The van der Waals surface area contributed by atoms with Crippen molar-refractivity contribution in [1.29, 1.82) is 0 Å². The molecule has 1 aromatic carbocycles. The lowest BCUT2D eigenvalue weighted by Gasteiger charge is -1.94. The highest BCUT2D eigenvalue weighted by Crippen LogP contribution is 2.17. The van der Waals surface area contributed by atoms with Crippen molar-refractivity contribution in [2.24, 2.45) is 4.99 Å². The average Bonchev–Trinajstić information content (AvgIpc) is 2.15. The molecule has 0 saturated heterocycles. The van der Waals surface area contributed by atoms with E-state index in [0.29, 0.717) is 5.03 Å². The number of rotatable bonds is 2. The Balaban J connectivity index is 2.92. The number of hydrogen-bond acceptors (Lipinski definition) is 2. The van der Waals surface area contributed by atoms with Gasteiger partial charge in [0.1, 0.15) is 0 Å². The summed E-state index contributed by atoms with van der Waals surface area (Å²) in [6.07, 6.45) is 2.65. The van der Waals surface area contributed by atoms with Crippen molar-refractivity contribution < 1.29 is 4.79 Å². The van der Waals surface area contributed by atoms with Gasteiger partial charge in [-0.15, -0.1) is 0 Å². The Bertz CT molecular complexity index is 326. The number of carbonyl (C=O) groups excluding carboxylic acids is 1. The summed E-state index contributed by atoms with van der Waals surface area (Å²) < 4.78 is 0. The molecule has 0 atom stereocenters. The van der Waals surface area contributed by atoms with E-state index in [0.717, 1.165) is 5.56 Å². The van der Waals surface area contributed by atoms with Gasteiger partial charge in [0.15, 0.2) is 0 Å². The van der Waals surface area contributed by atoms with Crippen LogP contribution in [0.15, 0.2) is 41.5 Å². The van der Waals surface area contributed by atoms with E-state index in [1.807, 2.05) is 30.3 Å². The van der Waals surface area contributed by atoms with Crippen LogP contribution < -0.4 is 0 Å². The van der Waals surface area contributed by atoms with E-state index in [-0.39, 0.29) is 0 Å². The number of benzene rings is 1. The van der Waals surface area contributed by atoms with Crippen molar-refractivity contribution in [1.82, 2.24) is 0 Å². The van der Waals surface area contributed by atoms with E-state index in [1.54, 1.807) is 0 Å². The Labute approximate surface area is 75.2 Å². The summed E-state index contributed by atoms with van der Waals surface area (Å²) in [6.45, 7) is 0. The van der Waals surface area contributed by atoms with Gasteiger partial charge in [0.05, 0.1) is 11.2 Å². The minimum absolute atomic E-state index is 0.430. The lowest BCUT2D eigenvalue weighted by Crippen LogP contribution is -1.73. The lowest BCUT2D eigenvalue weighted by atomic mass is 10.2. The number of isocyanates is 1. The summed E-state index contributed by atoms with van der Waals surface area (Å²) in [5, 5.41) is 0.430. The second-order valence-corrected chi connectivity index (χ2v) is 2.47. The first-order valence-electron chi connectivity index (χ1n) is 3.32. The molecule has 0 aliphatic heterocycles. The van der Waals surface area contributed by atoms with E-state index < -0.39 is 0 Å². The third-order valence-electron chi connectivity index (χ3n) is 1.28. The van der Waals surface area contributed by atoms with Crippen LogP contribution in [0.3, 0.4) is 0 Å². The molecule has 0 radical (unpaired) electrons. The molecule has 1 aromatic rings. The van der Waals surface area contributed by atoms with Gasteiger partial charge in [-0.2, -0.15) is 4.99 Å². The maximum absolute atomic E-state index is 9.75. The van der Waals surface area contributed by atoms with Crippen molar-refractivity contribution in [3.05, 3.63) is 42.1 Å². The quantitative estimate of drug-likeness (QED) is 0.507. The third kappa shape index (κ3) is 2.35.